The number of rotatable bonds is 3. The largest absolute Gasteiger partial charge is 0.493 e. The Morgan fingerprint density at radius 3 is 2.61 bits per heavy atom. The Kier molecular flexibility index (Phi) is 4.50. The zero-order chi connectivity index (χ0) is 16.2. The summed E-state index contributed by atoms with van der Waals surface area (Å²) >= 11 is 0. The van der Waals surface area contributed by atoms with Gasteiger partial charge in [0.2, 0.25) is 0 Å². The third kappa shape index (κ3) is 2.76. The molecule has 1 heterocycles. The Morgan fingerprint density at radius 1 is 1.17 bits per heavy atom. The topological polar surface area (TPSA) is 54.3 Å². The first-order valence-corrected chi connectivity index (χ1v) is 7.73. The van der Waals surface area contributed by atoms with Crippen LogP contribution < -0.4 is 14.8 Å². The number of methoxy groups -OCH3 is 2. The van der Waals surface area contributed by atoms with Crippen LogP contribution in [0.3, 0.4) is 0 Å². The van der Waals surface area contributed by atoms with Gasteiger partial charge in [0, 0.05) is 12.5 Å². The van der Waals surface area contributed by atoms with Crippen molar-refractivity contribution in [2.24, 2.45) is 0 Å². The molecule has 2 aromatic rings. The lowest BCUT2D eigenvalue weighted by atomic mass is 9.85. The van der Waals surface area contributed by atoms with E-state index in [0.29, 0.717) is 17.1 Å². The first-order valence-electron chi connectivity index (χ1n) is 7.73. The fraction of sp³-hybridized carbons (Fsp3) is 0.316. The first-order chi connectivity index (χ1) is 11.3. The maximum atomic E-state index is 9.67. The van der Waals surface area contributed by atoms with Gasteiger partial charge >= 0.3 is 0 Å². The van der Waals surface area contributed by atoms with Crippen LogP contribution in [0.15, 0.2) is 36.4 Å². The molecule has 1 N–H and O–H groups in total. The number of nitriles is 1. The third-order valence-corrected chi connectivity index (χ3v) is 4.40. The van der Waals surface area contributed by atoms with Crippen molar-refractivity contribution in [3.05, 3.63) is 58.7 Å². The van der Waals surface area contributed by atoms with Crippen molar-refractivity contribution in [3.63, 3.8) is 0 Å². The summed E-state index contributed by atoms with van der Waals surface area (Å²) in [5.74, 6) is 1.34. The smallest absolute Gasteiger partial charge is 0.178 e. The molecule has 23 heavy (non-hydrogen) atoms. The van der Waals surface area contributed by atoms with Gasteiger partial charge in [-0.3, -0.25) is 0 Å². The molecule has 0 amide bonds. The highest BCUT2D eigenvalue weighted by Gasteiger charge is 2.26. The summed E-state index contributed by atoms with van der Waals surface area (Å²) in [5, 5.41) is 13.1. The molecule has 0 saturated carbocycles. The number of hydrogen-bond acceptors (Lipinski definition) is 4. The molecule has 3 rings (SSSR count). The molecule has 4 nitrogen and oxygen atoms in total. The Bertz CT molecular complexity index is 735. The normalized spacial score (nSPS) is 16.8. The summed E-state index contributed by atoms with van der Waals surface area (Å²) in [6, 6.07) is 14.7. The molecule has 0 saturated heterocycles. The lowest BCUT2D eigenvalue weighted by Crippen LogP contribution is -2.20. The van der Waals surface area contributed by atoms with Crippen molar-refractivity contribution < 1.29 is 9.47 Å². The first kappa shape index (κ1) is 15.4. The molecule has 0 aliphatic carbocycles. The van der Waals surface area contributed by atoms with E-state index in [1.165, 1.54) is 5.56 Å². The van der Waals surface area contributed by atoms with Gasteiger partial charge < -0.3 is 14.8 Å². The molecule has 1 aliphatic rings. The quantitative estimate of drug-likeness (QED) is 0.947. The zero-order valence-corrected chi connectivity index (χ0v) is 13.4. The molecular weight excluding hydrogens is 288 g/mol. The second kappa shape index (κ2) is 6.72. The van der Waals surface area contributed by atoms with Gasteiger partial charge in [-0.15, -0.1) is 0 Å². The van der Waals surface area contributed by atoms with Gasteiger partial charge in [-0.05, 0) is 35.7 Å². The predicted molar refractivity (Wildman–Crippen MR) is 89.1 cm³/mol. The van der Waals surface area contributed by atoms with Crippen LogP contribution in [0.25, 0.3) is 0 Å². The minimum absolute atomic E-state index is 0.195. The molecular formula is C19H20N2O2. The number of nitrogens with zero attached hydrogens (tertiary/aromatic N) is 1. The van der Waals surface area contributed by atoms with Gasteiger partial charge in [-0.2, -0.15) is 5.26 Å². The number of benzene rings is 2. The summed E-state index contributed by atoms with van der Waals surface area (Å²) in [6.07, 6.45) is 0.807. The minimum atomic E-state index is 0.195. The second-order valence-electron chi connectivity index (χ2n) is 5.58. The van der Waals surface area contributed by atoms with Crippen molar-refractivity contribution >= 4 is 0 Å². The highest BCUT2D eigenvalue weighted by Crippen LogP contribution is 2.40. The van der Waals surface area contributed by atoms with Crippen molar-refractivity contribution in [3.8, 4) is 17.6 Å². The van der Waals surface area contributed by atoms with E-state index in [9.17, 15) is 5.26 Å². The summed E-state index contributed by atoms with van der Waals surface area (Å²) in [6.45, 7) is 1.69. The highest BCUT2D eigenvalue weighted by atomic mass is 16.5. The van der Waals surface area contributed by atoms with Gasteiger partial charge in [-0.1, -0.05) is 30.3 Å². The van der Waals surface area contributed by atoms with Gasteiger partial charge in [0.1, 0.15) is 11.6 Å². The second-order valence-corrected chi connectivity index (χ2v) is 5.58. The third-order valence-electron chi connectivity index (χ3n) is 4.40. The van der Waals surface area contributed by atoms with Crippen LogP contribution in [-0.2, 0) is 6.42 Å². The number of ether oxygens (including phenoxy) is 2. The Labute approximate surface area is 136 Å². The number of nitrogens with one attached hydrogen (secondary N) is 1. The van der Waals surface area contributed by atoms with Crippen LogP contribution >= 0.6 is 0 Å². The highest BCUT2D eigenvalue weighted by molar-refractivity contribution is 5.62. The van der Waals surface area contributed by atoms with E-state index < -0.39 is 0 Å². The maximum absolute atomic E-state index is 9.67. The molecule has 118 valence electrons. The van der Waals surface area contributed by atoms with Crippen molar-refractivity contribution in [2.45, 2.75) is 12.3 Å². The fourth-order valence-electron chi connectivity index (χ4n) is 3.30. The van der Waals surface area contributed by atoms with E-state index in [1.807, 2.05) is 24.3 Å². The number of fused-ring (bicyclic) bond motifs is 1. The lowest BCUT2D eigenvalue weighted by molar-refractivity contribution is 0.353. The van der Waals surface area contributed by atoms with Gasteiger partial charge in [0.25, 0.3) is 0 Å². The maximum Gasteiger partial charge on any atom is 0.178 e. The van der Waals surface area contributed by atoms with Crippen LogP contribution in [0.1, 0.15) is 28.2 Å². The van der Waals surface area contributed by atoms with E-state index in [2.05, 4.69) is 23.5 Å². The molecule has 0 unspecified atom stereocenters. The summed E-state index contributed by atoms with van der Waals surface area (Å²) in [7, 11) is 3.19. The molecule has 0 fully saturated rings. The van der Waals surface area contributed by atoms with E-state index in [4.69, 9.17) is 9.47 Å². The standard InChI is InChI=1S/C19H20N2O2/c1-22-18-10-15-14(16(11-20)19(18)23-2)8-9-21-12-17(15)13-6-4-3-5-7-13/h3-7,10,17,21H,8-9,12H2,1-2H3/t17-/m0/s1. The van der Waals surface area contributed by atoms with E-state index in [-0.39, 0.29) is 5.92 Å². The van der Waals surface area contributed by atoms with Crippen LogP contribution in [-0.4, -0.2) is 27.3 Å². The van der Waals surface area contributed by atoms with Crippen LogP contribution in [0.2, 0.25) is 0 Å². The van der Waals surface area contributed by atoms with Crippen LogP contribution in [0.5, 0.6) is 11.5 Å². The van der Waals surface area contributed by atoms with Crippen molar-refractivity contribution in [1.29, 1.82) is 5.26 Å². The lowest BCUT2D eigenvalue weighted by Gasteiger charge is -2.21. The van der Waals surface area contributed by atoms with Gasteiger partial charge in [0.05, 0.1) is 14.2 Å². The van der Waals surface area contributed by atoms with Crippen LogP contribution in [0.4, 0.5) is 0 Å². The van der Waals surface area contributed by atoms with Crippen molar-refractivity contribution in [1.82, 2.24) is 5.32 Å². The summed E-state index contributed by atoms with van der Waals surface area (Å²) in [4.78, 5) is 0. The average Bonchev–Trinajstić information content (AvgIpc) is 2.82. The summed E-state index contributed by atoms with van der Waals surface area (Å²) < 4.78 is 10.9. The molecule has 1 aliphatic heterocycles. The zero-order valence-electron chi connectivity index (χ0n) is 13.4. The molecule has 2 aromatic carbocycles. The minimum Gasteiger partial charge on any atom is -0.493 e. The van der Waals surface area contributed by atoms with Gasteiger partial charge in [0.15, 0.2) is 11.5 Å². The van der Waals surface area contributed by atoms with E-state index in [1.54, 1.807) is 14.2 Å². The molecule has 1 atom stereocenters. The molecule has 0 spiro atoms. The Hall–Kier alpha value is -2.51. The average molecular weight is 308 g/mol. The SMILES string of the molecule is COc1cc2c(c(C#N)c1OC)CCNC[C@H]2c1ccccc1. The van der Waals surface area contributed by atoms with E-state index in [0.717, 1.165) is 30.6 Å². The van der Waals surface area contributed by atoms with E-state index >= 15 is 0 Å². The molecule has 4 heteroatoms. The predicted octanol–water partition coefficient (Wildman–Crippen LogP) is 2.85. The monoisotopic (exact) mass is 308 g/mol. The molecule has 0 radical (unpaired) electrons. The van der Waals surface area contributed by atoms with Crippen LogP contribution in [0, 0.1) is 11.3 Å². The van der Waals surface area contributed by atoms with Gasteiger partial charge in [-0.25, -0.2) is 0 Å². The number of hydrogen-bond donors (Lipinski definition) is 1. The Balaban J connectivity index is 2.23. The molecule has 0 aromatic heterocycles. The Morgan fingerprint density at radius 2 is 1.96 bits per heavy atom. The fourth-order valence-corrected chi connectivity index (χ4v) is 3.30. The molecule has 0 bridgehead atoms. The van der Waals surface area contributed by atoms with Crippen molar-refractivity contribution in [2.75, 3.05) is 27.3 Å². The summed E-state index contributed by atoms with van der Waals surface area (Å²) in [5.41, 5.74) is 4.03.